The predicted molar refractivity (Wildman–Crippen MR) is 118 cm³/mol. The summed E-state index contributed by atoms with van der Waals surface area (Å²) in [5, 5.41) is 13.8. The Labute approximate surface area is 196 Å². The second kappa shape index (κ2) is 9.86. The van der Waals surface area contributed by atoms with E-state index in [0.29, 0.717) is 0 Å². The van der Waals surface area contributed by atoms with Crippen molar-refractivity contribution in [3.05, 3.63) is 79.9 Å². The molecular weight excluding hydrogens is 486 g/mol. The Hall–Kier alpha value is -3.02. The Kier molecular flexibility index (Phi) is 7.21. The molecule has 3 amide bonds. The van der Waals surface area contributed by atoms with Crippen LogP contribution < -0.4 is 15.4 Å². The quantitative estimate of drug-likeness (QED) is 0.440. The summed E-state index contributed by atoms with van der Waals surface area (Å²) in [6, 6.07) is 11.5. The molecule has 0 saturated carbocycles. The number of pyridine rings is 1. The Morgan fingerprint density at radius 2 is 1.65 bits per heavy atom. The number of nitriles is 1. The van der Waals surface area contributed by atoms with Crippen LogP contribution in [-0.2, 0) is 0 Å². The van der Waals surface area contributed by atoms with Gasteiger partial charge >= 0.3 is 6.03 Å². The van der Waals surface area contributed by atoms with Gasteiger partial charge < -0.3 is 10.1 Å². The monoisotopic (exact) mass is 494 g/mol. The molecule has 11 heteroatoms. The van der Waals surface area contributed by atoms with Crippen molar-refractivity contribution in [3.8, 4) is 17.7 Å². The fraction of sp³-hybridized carbons (Fsp3) is 0. The van der Waals surface area contributed by atoms with Gasteiger partial charge in [-0.1, -0.05) is 58.5 Å². The van der Waals surface area contributed by atoms with Crippen LogP contribution in [-0.4, -0.2) is 16.9 Å². The van der Waals surface area contributed by atoms with E-state index < -0.39 is 11.9 Å². The lowest BCUT2D eigenvalue weighted by Crippen LogP contribution is -2.34. The molecule has 3 rings (SSSR count). The molecule has 0 spiro atoms. The second-order valence-electron chi connectivity index (χ2n) is 5.88. The van der Waals surface area contributed by atoms with Gasteiger partial charge in [-0.2, -0.15) is 5.26 Å². The number of rotatable bonds is 4. The Morgan fingerprint density at radius 3 is 2.26 bits per heavy atom. The summed E-state index contributed by atoms with van der Waals surface area (Å²) in [4.78, 5) is 28.3. The van der Waals surface area contributed by atoms with E-state index in [-0.39, 0.29) is 48.5 Å². The first-order valence-corrected chi connectivity index (χ1v) is 9.89. The number of anilines is 1. The van der Waals surface area contributed by atoms with Crippen LogP contribution in [0, 0.1) is 11.3 Å². The molecule has 7 nitrogen and oxygen atoms in total. The molecule has 156 valence electrons. The maximum absolute atomic E-state index is 12.2. The van der Waals surface area contributed by atoms with Crippen LogP contribution in [0.25, 0.3) is 0 Å². The van der Waals surface area contributed by atoms with Crippen molar-refractivity contribution in [2.75, 3.05) is 5.32 Å². The minimum Gasteiger partial charge on any atom is -0.434 e. The van der Waals surface area contributed by atoms with Gasteiger partial charge in [-0.25, -0.2) is 9.78 Å². The minimum atomic E-state index is -0.817. The van der Waals surface area contributed by atoms with Crippen molar-refractivity contribution in [2.24, 2.45) is 0 Å². The number of imide groups is 1. The highest BCUT2D eigenvalue weighted by molar-refractivity contribution is 6.38. The number of amides is 3. The number of benzene rings is 2. The number of carbonyl (C=O) groups is 2. The van der Waals surface area contributed by atoms with Gasteiger partial charge in [0.15, 0.2) is 5.75 Å². The first-order chi connectivity index (χ1) is 14.8. The van der Waals surface area contributed by atoms with Crippen molar-refractivity contribution < 1.29 is 14.3 Å². The summed E-state index contributed by atoms with van der Waals surface area (Å²) in [6.45, 7) is 0. The third kappa shape index (κ3) is 5.57. The summed E-state index contributed by atoms with van der Waals surface area (Å²) >= 11 is 24.4. The number of nitrogens with zero attached hydrogens (tertiary/aromatic N) is 2. The Morgan fingerprint density at radius 1 is 0.968 bits per heavy atom. The van der Waals surface area contributed by atoms with E-state index in [0.717, 1.165) is 0 Å². The predicted octanol–water partition coefficient (Wildman–Crippen LogP) is 6.32. The van der Waals surface area contributed by atoms with Gasteiger partial charge in [-0.05, 0) is 30.3 Å². The van der Waals surface area contributed by atoms with Gasteiger partial charge in [0, 0.05) is 11.9 Å². The lowest BCUT2D eigenvalue weighted by Gasteiger charge is -2.13. The summed E-state index contributed by atoms with van der Waals surface area (Å²) in [5.74, 6) is -0.643. The summed E-state index contributed by atoms with van der Waals surface area (Å²) < 4.78 is 5.55. The molecule has 0 aliphatic rings. The van der Waals surface area contributed by atoms with E-state index in [2.05, 4.69) is 15.6 Å². The molecule has 0 atom stereocenters. The lowest BCUT2D eigenvalue weighted by atomic mass is 10.2. The number of carbonyl (C=O) groups excluding carboxylic acids is 2. The highest BCUT2D eigenvalue weighted by Gasteiger charge is 2.17. The summed E-state index contributed by atoms with van der Waals surface area (Å²) in [5.41, 5.74) is 0.600. The number of urea groups is 1. The Balaban J connectivity index is 1.73. The molecule has 1 heterocycles. The van der Waals surface area contributed by atoms with E-state index in [1.807, 2.05) is 6.07 Å². The molecule has 0 aliphatic heterocycles. The number of aromatic nitrogens is 1. The molecule has 1 aromatic heterocycles. The fourth-order valence-corrected chi connectivity index (χ4v) is 3.36. The number of ether oxygens (including phenoxy) is 1. The standard InChI is InChI=1S/C20H10Cl4N4O3/c21-13-4-2-1-3-12(13)18(29)28-20(30)27-11-6-14(22)17(15(23)7-11)31-19-16(24)5-10(8-25)9-26-19/h1-7,9H,(H2,27,28,29,30). The van der Waals surface area contributed by atoms with Crippen LogP contribution in [0.1, 0.15) is 15.9 Å². The minimum absolute atomic E-state index is 0.00624. The van der Waals surface area contributed by atoms with Crippen molar-refractivity contribution in [3.63, 3.8) is 0 Å². The number of nitrogens with one attached hydrogen (secondary N) is 2. The SMILES string of the molecule is N#Cc1cnc(Oc2c(Cl)cc(NC(=O)NC(=O)c3ccccc3Cl)cc2Cl)c(Cl)c1. The van der Waals surface area contributed by atoms with Gasteiger partial charge in [0.2, 0.25) is 5.88 Å². The molecule has 0 aliphatic carbocycles. The first-order valence-electron chi connectivity index (χ1n) is 8.38. The zero-order chi connectivity index (χ0) is 22.5. The van der Waals surface area contributed by atoms with Crippen molar-refractivity contribution in [1.29, 1.82) is 5.26 Å². The molecule has 0 radical (unpaired) electrons. The van der Waals surface area contributed by atoms with Crippen LogP contribution in [0.2, 0.25) is 20.1 Å². The average Bonchev–Trinajstić information content (AvgIpc) is 2.71. The molecule has 0 fully saturated rings. The maximum Gasteiger partial charge on any atom is 0.326 e. The van der Waals surface area contributed by atoms with E-state index in [9.17, 15) is 9.59 Å². The van der Waals surface area contributed by atoms with Crippen LogP contribution in [0.5, 0.6) is 11.6 Å². The molecule has 0 unspecified atom stereocenters. The molecule has 2 aromatic carbocycles. The third-order valence-electron chi connectivity index (χ3n) is 3.74. The van der Waals surface area contributed by atoms with E-state index >= 15 is 0 Å². The zero-order valence-electron chi connectivity index (χ0n) is 15.2. The first kappa shape index (κ1) is 22.7. The van der Waals surface area contributed by atoms with Crippen molar-refractivity contribution in [2.45, 2.75) is 0 Å². The van der Waals surface area contributed by atoms with Gasteiger partial charge in [0.25, 0.3) is 5.91 Å². The Bertz CT molecular complexity index is 1200. The van der Waals surface area contributed by atoms with Crippen molar-refractivity contribution >= 4 is 64.0 Å². The van der Waals surface area contributed by atoms with Gasteiger partial charge in [0.1, 0.15) is 11.1 Å². The maximum atomic E-state index is 12.2. The van der Waals surface area contributed by atoms with Crippen LogP contribution in [0.3, 0.4) is 0 Å². The zero-order valence-corrected chi connectivity index (χ0v) is 18.3. The third-order valence-corrected chi connectivity index (χ3v) is 4.90. The molecule has 0 saturated heterocycles. The summed E-state index contributed by atoms with van der Waals surface area (Å²) in [7, 11) is 0. The summed E-state index contributed by atoms with van der Waals surface area (Å²) in [6.07, 6.45) is 1.28. The average molecular weight is 496 g/mol. The molecule has 3 aromatic rings. The molecule has 0 bridgehead atoms. The second-order valence-corrected chi connectivity index (χ2v) is 7.51. The van der Waals surface area contributed by atoms with Crippen LogP contribution in [0.4, 0.5) is 10.5 Å². The van der Waals surface area contributed by atoms with Gasteiger partial charge in [-0.15, -0.1) is 0 Å². The number of hydrogen-bond donors (Lipinski definition) is 2. The molecule has 31 heavy (non-hydrogen) atoms. The fourth-order valence-electron chi connectivity index (χ4n) is 2.37. The normalized spacial score (nSPS) is 10.2. The highest BCUT2D eigenvalue weighted by atomic mass is 35.5. The lowest BCUT2D eigenvalue weighted by molar-refractivity contribution is 0.0967. The highest BCUT2D eigenvalue weighted by Crippen LogP contribution is 2.40. The van der Waals surface area contributed by atoms with E-state index in [1.165, 1.54) is 36.5 Å². The topological polar surface area (TPSA) is 104 Å². The van der Waals surface area contributed by atoms with Crippen molar-refractivity contribution in [1.82, 2.24) is 10.3 Å². The van der Waals surface area contributed by atoms with E-state index in [4.69, 9.17) is 56.4 Å². The molecule has 2 N–H and O–H groups in total. The van der Waals surface area contributed by atoms with Crippen LogP contribution >= 0.6 is 46.4 Å². The van der Waals surface area contributed by atoms with Crippen LogP contribution in [0.15, 0.2) is 48.7 Å². The van der Waals surface area contributed by atoms with Gasteiger partial charge in [-0.3, -0.25) is 10.1 Å². The molecular formula is C20H10Cl4N4O3. The van der Waals surface area contributed by atoms with Gasteiger partial charge in [0.05, 0.1) is 26.2 Å². The largest absolute Gasteiger partial charge is 0.434 e. The van der Waals surface area contributed by atoms with E-state index in [1.54, 1.807) is 12.1 Å². The number of hydrogen-bond acceptors (Lipinski definition) is 5. The number of halogens is 4. The smallest absolute Gasteiger partial charge is 0.326 e.